The Kier molecular flexibility index (Phi) is 6.52. The number of carbonyl (C=O) groups excluding carboxylic acids is 2. The smallest absolute Gasteiger partial charge is 0.326 e. The fraction of sp³-hybridized carbons (Fsp3) is 0. The molecule has 0 heterocycles. The molecule has 0 aliphatic heterocycles. The second-order valence-electron chi connectivity index (χ2n) is 7.56. The molecule has 4 aromatic rings. The van der Waals surface area contributed by atoms with Crippen molar-refractivity contribution < 1.29 is 28.2 Å². The molecule has 0 aliphatic carbocycles. The molecule has 0 saturated carbocycles. The number of hydrogen-bond acceptors (Lipinski definition) is 6. The lowest BCUT2D eigenvalue weighted by molar-refractivity contribution is 0.0976. The molecule has 176 valence electrons. The van der Waals surface area contributed by atoms with E-state index >= 15 is 0 Å². The molecule has 0 atom stereocenters. The van der Waals surface area contributed by atoms with E-state index in [1.807, 2.05) is 12.1 Å². The first-order valence-electron chi connectivity index (χ1n) is 10.4. The van der Waals surface area contributed by atoms with Gasteiger partial charge in [0.2, 0.25) is 0 Å². The summed E-state index contributed by atoms with van der Waals surface area (Å²) in [6, 6.07) is 25.9. The number of carbonyl (C=O) groups is 2. The molecule has 9 heteroatoms. The fourth-order valence-corrected chi connectivity index (χ4v) is 4.23. The van der Waals surface area contributed by atoms with Gasteiger partial charge >= 0.3 is 10.2 Å². The summed E-state index contributed by atoms with van der Waals surface area (Å²) in [6.07, 6.45) is 0. The minimum Gasteiger partial charge on any atom is -0.507 e. The highest BCUT2D eigenvalue weighted by molar-refractivity contribution is 7.88. The van der Waals surface area contributed by atoms with Crippen molar-refractivity contribution in [2.24, 2.45) is 0 Å². The fourth-order valence-electron chi connectivity index (χ4n) is 3.46. The Labute approximate surface area is 201 Å². The zero-order valence-electron chi connectivity index (χ0n) is 18.2. The van der Waals surface area contributed by atoms with Crippen LogP contribution in [0.3, 0.4) is 0 Å². The van der Waals surface area contributed by atoms with Gasteiger partial charge in [0.15, 0.2) is 0 Å². The van der Waals surface area contributed by atoms with E-state index in [1.165, 1.54) is 24.3 Å². The number of phenols is 2. The molecule has 0 radical (unpaired) electrons. The Bertz CT molecular complexity index is 1390. The molecule has 0 fully saturated rings. The zero-order chi connectivity index (χ0) is 25.0. The maximum absolute atomic E-state index is 12.4. The maximum atomic E-state index is 12.4. The van der Waals surface area contributed by atoms with Gasteiger partial charge in [-0.1, -0.05) is 60.7 Å². The van der Waals surface area contributed by atoms with E-state index in [4.69, 9.17) is 0 Å². The van der Waals surface area contributed by atoms with Crippen LogP contribution in [-0.2, 0) is 10.2 Å². The molecule has 8 nitrogen and oxygen atoms in total. The molecule has 4 aromatic carbocycles. The van der Waals surface area contributed by atoms with Crippen LogP contribution in [0, 0.1) is 0 Å². The second kappa shape index (κ2) is 9.70. The number of amides is 2. The summed E-state index contributed by atoms with van der Waals surface area (Å²) in [4.78, 5) is 24.9. The van der Waals surface area contributed by atoms with E-state index in [9.17, 15) is 28.2 Å². The lowest BCUT2D eigenvalue weighted by atomic mass is 10.0. The predicted molar refractivity (Wildman–Crippen MR) is 131 cm³/mol. The van der Waals surface area contributed by atoms with Crippen LogP contribution in [0.4, 0.5) is 0 Å². The number of phenolic OH excluding ortho intramolecular Hbond substituents is 2. The van der Waals surface area contributed by atoms with E-state index in [2.05, 4.69) is 0 Å². The lowest BCUT2D eigenvalue weighted by Crippen LogP contribution is -2.43. The van der Waals surface area contributed by atoms with Gasteiger partial charge in [0.1, 0.15) is 11.5 Å². The summed E-state index contributed by atoms with van der Waals surface area (Å²) in [5.74, 6) is -2.50. The van der Waals surface area contributed by atoms with Gasteiger partial charge in [-0.25, -0.2) is 9.44 Å². The SMILES string of the molecule is O=C(NS(=O)(=O)NC(=O)c1ccc(-c2ccccc2)c(O)c1)c1ccc(-c2ccccc2)c(O)c1. The third kappa shape index (κ3) is 5.48. The molecule has 0 spiro atoms. The van der Waals surface area contributed by atoms with E-state index in [0.29, 0.717) is 11.1 Å². The highest BCUT2D eigenvalue weighted by atomic mass is 32.2. The first-order valence-corrected chi connectivity index (χ1v) is 11.9. The number of nitrogens with one attached hydrogen (secondary N) is 2. The molecule has 0 bridgehead atoms. The van der Waals surface area contributed by atoms with E-state index in [0.717, 1.165) is 23.3 Å². The Morgan fingerprint density at radius 1 is 0.571 bits per heavy atom. The molecule has 0 unspecified atom stereocenters. The van der Waals surface area contributed by atoms with Gasteiger partial charge in [-0.15, -0.1) is 0 Å². The van der Waals surface area contributed by atoms with Crippen LogP contribution in [0.15, 0.2) is 97.1 Å². The highest BCUT2D eigenvalue weighted by Crippen LogP contribution is 2.30. The Morgan fingerprint density at radius 3 is 1.29 bits per heavy atom. The van der Waals surface area contributed by atoms with E-state index in [1.54, 1.807) is 58.0 Å². The Morgan fingerprint density at radius 2 is 0.943 bits per heavy atom. The van der Waals surface area contributed by atoms with Gasteiger partial charge in [0, 0.05) is 22.3 Å². The van der Waals surface area contributed by atoms with Crippen LogP contribution in [0.5, 0.6) is 11.5 Å². The molecule has 4 N–H and O–H groups in total. The van der Waals surface area contributed by atoms with Gasteiger partial charge in [-0.3, -0.25) is 9.59 Å². The average molecular weight is 489 g/mol. The molecule has 35 heavy (non-hydrogen) atoms. The van der Waals surface area contributed by atoms with Crippen LogP contribution in [0.2, 0.25) is 0 Å². The van der Waals surface area contributed by atoms with Crippen LogP contribution >= 0.6 is 0 Å². The quantitative estimate of drug-likeness (QED) is 0.326. The highest BCUT2D eigenvalue weighted by Gasteiger charge is 2.21. The van der Waals surface area contributed by atoms with E-state index < -0.39 is 22.0 Å². The van der Waals surface area contributed by atoms with Crippen molar-refractivity contribution in [1.29, 1.82) is 0 Å². The van der Waals surface area contributed by atoms with Gasteiger partial charge < -0.3 is 10.2 Å². The van der Waals surface area contributed by atoms with Crippen LogP contribution in [0.1, 0.15) is 20.7 Å². The molecule has 4 rings (SSSR count). The normalized spacial score (nSPS) is 11.0. The average Bonchev–Trinajstić information content (AvgIpc) is 2.84. The molecule has 2 amide bonds. The standard InChI is InChI=1S/C26H20N2O6S/c29-23-15-19(11-13-21(23)17-7-3-1-4-8-17)25(31)27-35(33,34)28-26(32)20-12-14-22(24(30)16-20)18-9-5-2-6-10-18/h1-16,29-30H,(H,27,31)(H,28,32). The maximum Gasteiger partial charge on any atom is 0.326 e. The number of rotatable bonds is 6. The summed E-state index contributed by atoms with van der Waals surface area (Å²) < 4.78 is 28.2. The topological polar surface area (TPSA) is 133 Å². The molecular weight excluding hydrogens is 468 g/mol. The summed E-state index contributed by atoms with van der Waals surface area (Å²) in [7, 11) is -4.59. The summed E-state index contributed by atoms with van der Waals surface area (Å²) in [6.45, 7) is 0. The summed E-state index contributed by atoms with van der Waals surface area (Å²) in [5, 5.41) is 20.6. The van der Waals surface area contributed by atoms with Crippen molar-refractivity contribution in [2.45, 2.75) is 0 Å². The monoisotopic (exact) mass is 488 g/mol. The van der Waals surface area contributed by atoms with Crippen molar-refractivity contribution in [2.75, 3.05) is 0 Å². The van der Waals surface area contributed by atoms with Crippen LogP contribution in [0.25, 0.3) is 22.3 Å². The van der Waals surface area contributed by atoms with Crippen molar-refractivity contribution >= 4 is 22.0 Å². The number of aromatic hydroxyl groups is 2. The lowest BCUT2D eigenvalue weighted by Gasteiger charge is -2.11. The largest absolute Gasteiger partial charge is 0.507 e. The molecule has 0 aromatic heterocycles. The van der Waals surface area contributed by atoms with Crippen molar-refractivity contribution in [3.05, 3.63) is 108 Å². The van der Waals surface area contributed by atoms with Gasteiger partial charge in [-0.05, 0) is 47.5 Å². The first-order chi connectivity index (χ1) is 16.7. The first kappa shape index (κ1) is 23.5. The third-order valence-electron chi connectivity index (χ3n) is 5.14. The Hall–Kier alpha value is -4.63. The predicted octanol–water partition coefficient (Wildman–Crippen LogP) is 3.84. The molecule has 0 aliphatic rings. The number of benzene rings is 4. The van der Waals surface area contributed by atoms with Gasteiger partial charge in [0.05, 0.1) is 0 Å². The van der Waals surface area contributed by atoms with Crippen LogP contribution < -0.4 is 9.44 Å². The third-order valence-corrected chi connectivity index (χ3v) is 6.05. The van der Waals surface area contributed by atoms with E-state index in [-0.39, 0.29) is 22.6 Å². The van der Waals surface area contributed by atoms with Gasteiger partial charge in [-0.2, -0.15) is 8.42 Å². The van der Waals surface area contributed by atoms with Crippen molar-refractivity contribution in [3.8, 4) is 33.8 Å². The van der Waals surface area contributed by atoms with Crippen molar-refractivity contribution in [1.82, 2.24) is 9.44 Å². The molecule has 0 saturated heterocycles. The summed E-state index contributed by atoms with van der Waals surface area (Å²) in [5.41, 5.74) is 2.14. The van der Waals surface area contributed by atoms with Gasteiger partial charge in [0.25, 0.3) is 11.8 Å². The minimum atomic E-state index is -4.59. The second-order valence-corrected chi connectivity index (χ2v) is 8.98. The minimum absolute atomic E-state index is 0.120. The summed E-state index contributed by atoms with van der Waals surface area (Å²) >= 11 is 0. The molecular formula is C26H20N2O6S. The zero-order valence-corrected chi connectivity index (χ0v) is 19.0. The van der Waals surface area contributed by atoms with Crippen LogP contribution in [-0.4, -0.2) is 30.4 Å². The Balaban J connectivity index is 1.46. The van der Waals surface area contributed by atoms with Crippen molar-refractivity contribution in [3.63, 3.8) is 0 Å². The number of hydrogen-bond donors (Lipinski definition) is 4.